The lowest BCUT2D eigenvalue weighted by molar-refractivity contribution is -0.129. The van der Waals surface area contributed by atoms with Gasteiger partial charge in [-0.2, -0.15) is 0 Å². The third-order valence-electron chi connectivity index (χ3n) is 5.53. The number of aryl methyl sites for hydroxylation is 1. The number of para-hydroxylation sites is 2. The second-order valence-corrected chi connectivity index (χ2v) is 7.13. The lowest BCUT2D eigenvalue weighted by atomic mass is 10.1. The van der Waals surface area contributed by atoms with Crippen molar-refractivity contribution in [3.05, 3.63) is 36.2 Å². The lowest BCUT2D eigenvalue weighted by Gasteiger charge is -2.25. The molecule has 2 fully saturated rings. The van der Waals surface area contributed by atoms with Crippen LogP contribution in [-0.4, -0.2) is 62.9 Å². The van der Waals surface area contributed by atoms with Gasteiger partial charge in [-0.1, -0.05) is 17.3 Å². The number of hydrogen-bond acceptors (Lipinski definition) is 8. The molecular formula is C19H20N6O3. The zero-order valence-corrected chi connectivity index (χ0v) is 15.5. The molecule has 0 saturated carbocycles. The van der Waals surface area contributed by atoms with Gasteiger partial charge in [-0.05, 0) is 30.6 Å². The van der Waals surface area contributed by atoms with Crippen molar-refractivity contribution in [3.63, 3.8) is 0 Å². The molecule has 2 atom stereocenters. The summed E-state index contributed by atoms with van der Waals surface area (Å²) in [6.07, 6.45) is 3.21. The fraction of sp³-hybridized carbons (Fsp3) is 0.421. The SMILES string of the molecule is Cc1nonc1OCCN1C(=O)C[C@H]2[C@@H]1CCN2c1cnc2ccccc2n1. The Kier molecular flexibility index (Phi) is 4.07. The number of carbonyl (C=O) groups is 1. The van der Waals surface area contributed by atoms with Crippen molar-refractivity contribution >= 4 is 22.8 Å². The van der Waals surface area contributed by atoms with Gasteiger partial charge >= 0.3 is 0 Å². The van der Waals surface area contributed by atoms with Crippen molar-refractivity contribution in [1.29, 1.82) is 0 Å². The minimum atomic E-state index is 0.124. The number of nitrogens with zero attached hydrogens (tertiary/aromatic N) is 6. The van der Waals surface area contributed by atoms with Crippen LogP contribution in [0.25, 0.3) is 11.0 Å². The Hall–Kier alpha value is -3.23. The summed E-state index contributed by atoms with van der Waals surface area (Å²) in [6, 6.07) is 8.12. The second kappa shape index (κ2) is 6.74. The fourth-order valence-corrected chi connectivity index (χ4v) is 4.18. The molecule has 28 heavy (non-hydrogen) atoms. The van der Waals surface area contributed by atoms with Gasteiger partial charge in [-0.15, -0.1) is 0 Å². The summed E-state index contributed by atoms with van der Waals surface area (Å²) in [5.74, 6) is 1.36. The molecule has 0 spiro atoms. The Balaban J connectivity index is 1.29. The molecule has 3 aromatic rings. The van der Waals surface area contributed by atoms with Gasteiger partial charge in [0.1, 0.15) is 18.1 Å². The van der Waals surface area contributed by atoms with E-state index < -0.39 is 0 Å². The van der Waals surface area contributed by atoms with Crippen LogP contribution < -0.4 is 9.64 Å². The number of likely N-dealkylation sites (tertiary alicyclic amines) is 1. The summed E-state index contributed by atoms with van der Waals surface area (Å²) in [5, 5.41) is 7.40. The van der Waals surface area contributed by atoms with E-state index in [-0.39, 0.29) is 18.0 Å². The quantitative estimate of drug-likeness (QED) is 0.658. The first kappa shape index (κ1) is 16.9. The highest BCUT2D eigenvalue weighted by molar-refractivity contribution is 5.82. The van der Waals surface area contributed by atoms with Crippen LogP contribution in [0.2, 0.25) is 0 Å². The van der Waals surface area contributed by atoms with Gasteiger partial charge in [0.05, 0.1) is 35.9 Å². The van der Waals surface area contributed by atoms with Gasteiger partial charge in [0, 0.05) is 13.0 Å². The van der Waals surface area contributed by atoms with E-state index in [0.717, 1.165) is 29.8 Å². The molecular weight excluding hydrogens is 360 g/mol. The van der Waals surface area contributed by atoms with E-state index in [0.29, 0.717) is 31.1 Å². The Morgan fingerprint density at radius 3 is 2.89 bits per heavy atom. The predicted octanol–water partition coefficient (Wildman–Crippen LogP) is 1.58. The van der Waals surface area contributed by atoms with Crippen LogP contribution in [0, 0.1) is 6.92 Å². The van der Waals surface area contributed by atoms with Gasteiger partial charge in [-0.3, -0.25) is 9.78 Å². The van der Waals surface area contributed by atoms with Crippen LogP contribution in [0.4, 0.5) is 5.82 Å². The molecule has 9 nitrogen and oxygen atoms in total. The second-order valence-electron chi connectivity index (χ2n) is 7.13. The van der Waals surface area contributed by atoms with Crippen LogP contribution in [0.5, 0.6) is 5.88 Å². The maximum absolute atomic E-state index is 12.6. The van der Waals surface area contributed by atoms with E-state index in [1.54, 1.807) is 13.1 Å². The third kappa shape index (κ3) is 2.83. The first-order valence-electron chi connectivity index (χ1n) is 9.40. The molecule has 9 heteroatoms. The molecule has 1 aromatic carbocycles. The van der Waals surface area contributed by atoms with Gasteiger partial charge in [0.15, 0.2) is 0 Å². The normalized spacial score (nSPS) is 21.5. The molecule has 2 aliphatic heterocycles. The van der Waals surface area contributed by atoms with E-state index in [1.165, 1.54) is 0 Å². The molecule has 0 unspecified atom stereocenters. The Labute approximate surface area is 161 Å². The maximum atomic E-state index is 12.6. The van der Waals surface area contributed by atoms with Crippen LogP contribution >= 0.6 is 0 Å². The Morgan fingerprint density at radius 2 is 2.07 bits per heavy atom. The standard InChI is InChI=1S/C19H20N6O3/c1-12-19(23-28-22-12)27-9-8-25-15-6-7-24(16(15)10-18(25)26)17-11-20-13-4-2-3-5-14(13)21-17/h2-5,11,15-16H,6-10H2,1H3/t15-,16-/m0/s1. The fourth-order valence-electron chi connectivity index (χ4n) is 4.18. The van der Waals surface area contributed by atoms with Gasteiger partial charge < -0.3 is 14.5 Å². The molecule has 0 aliphatic carbocycles. The summed E-state index contributed by atoms with van der Waals surface area (Å²) in [4.78, 5) is 26.0. The van der Waals surface area contributed by atoms with Crippen molar-refractivity contribution < 1.29 is 14.2 Å². The smallest absolute Gasteiger partial charge is 0.278 e. The number of anilines is 1. The number of hydrogen-bond donors (Lipinski definition) is 0. The number of rotatable bonds is 5. The minimum absolute atomic E-state index is 0.124. The van der Waals surface area contributed by atoms with Crippen molar-refractivity contribution in [1.82, 2.24) is 25.2 Å². The number of fused-ring (bicyclic) bond motifs is 2. The number of aromatic nitrogens is 4. The molecule has 2 aromatic heterocycles. The molecule has 4 heterocycles. The topological polar surface area (TPSA) is 97.5 Å². The monoisotopic (exact) mass is 380 g/mol. The van der Waals surface area contributed by atoms with E-state index in [4.69, 9.17) is 9.72 Å². The van der Waals surface area contributed by atoms with Crippen molar-refractivity contribution in [2.45, 2.75) is 31.8 Å². The Bertz CT molecular complexity index is 1020. The zero-order valence-electron chi connectivity index (χ0n) is 15.5. The van der Waals surface area contributed by atoms with E-state index in [2.05, 4.69) is 24.8 Å². The van der Waals surface area contributed by atoms with Crippen LogP contribution in [-0.2, 0) is 4.79 Å². The van der Waals surface area contributed by atoms with Crippen LogP contribution in [0.3, 0.4) is 0 Å². The number of benzene rings is 1. The summed E-state index contributed by atoms with van der Waals surface area (Å²) in [6.45, 7) is 3.50. The highest BCUT2D eigenvalue weighted by atomic mass is 16.6. The Morgan fingerprint density at radius 1 is 1.21 bits per heavy atom. The lowest BCUT2D eigenvalue weighted by Crippen LogP contribution is -2.39. The summed E-state index contributed by atoms with van der Waals surface area (Å²) in [7, 11) is 0. The zero-order chi connectivity index (χ0) is 19.1. The molecule has 0 bridgehead atoms. The van der Waals surface area contributed by atoms with Crippen molar-refractivity contribution in [2.75, 3.05) is 24.6 Å². The highest BCUT2D eigenvalue weighted by Gasteiger charge is 2.47. The summed E-state index contributed by atoms with van der Waals surface area (Å²) < 4.78 is 10.2. The maximum Gasteiger partial charge on any atom is 0.278 e. The average molecular weight is 380 g/mol. The van der Waals surface area contributed by atoms with Crippen molar-refractivity contribution in [3.8, 4) is 5.88 Å². The van der Waals surface area contributed by atoms with Crippen molar-refractivity contribution in [2.24, 2.45) is 0 Å². The molecule has 0 radical (unpaired) electrons. The first-order valence-corrected chi connectivity index (χ1v) is 9.40. The minimum Gasteiger partial charge on any atom is -0.472 e. The molecule has 2 aliphatic rings. The number of ether oxygens (including phenoxy) is 1. The van der Waals surface area contributed by atoms with E-state index in [9.17, 15) is 4.79 Å². The highest BCUT2D eigenvalue weighted by Crippen LogP contribution is 2.35. The summed E-state index contributed by atoms with van der Waals surface area (Å²) in [5.41, 5.74) is 2.35. The van der Waals surface area contributed by atoms with Gasteiger partial charge in [-0.25, -0.2) is 9.61 Å². The third-order valence-corrected chi connectivity index (χ3v) is 5.53. The van der Waals surface area contributed by atoms with E-state index >= 15 is 0 Å². The first-order chi connectivity index (χ1) is 13.7. The number of carbonyl (C=O) groups excluding carboxylic acids is 1. The molecule has 0 N–H and O–H groups in total. The summed E-state index contributed by atoms with van der Waals surface area (Å²) >= 11 is 0. The molecule has 144 valence electrons. The number of amides is 1. The van der Waals surface area contributed by atoms with Crippen LogP contribution in [0.1, 0.15) is 18.5 Å². The molecule has 2 saturated heterocycles. The largest absolute Gasteiger partial charge is 0.472 e. The van der Waals surface area contributed by atoms with E-state index in [1.807, 2.05) is 29.2 Å². The van der Waals surface area contributed by atoms with Gasteiger partial charge in [0.25, 0.3) is 5.88 Å². The molecule has 1 amide bonds. The average Bonchev–Trinajstić information content (AvgIpc) is 3.38. The molecule has 5 rings (SSSR count). The predicted molar refractivity (Wildman–Crippen MR) is 99.9 cm³/mol. The van der Waals surface area contributed by atoms with Crippen LogP contribution in [0.15, 0.2) is 35.1 Å². The van der Waals surface area contributed by atoms with Gasteiger partial charge in [0.2, 0.25) is 5.91 Å².